The molecule has 124 valence electrons. The third-order valence-electron chi connectivity index (χ3n) is 4.31. The van der Waals surface area contributed by atoms with Crippen molar-refractivity contribution in [3.05, 3.63) is 41.1 Å². The number of benzene rings is 1. The SMILES string of the molecule is Cc1nnc([C@H](C)N2CCC[C@H](COc3ccccc3Cl)C2)o1. The molecule has 1 aliphatic rings. The summed E-state index contributed by atoms with van der Waals surface area (Å²) in [5.74, 6) is 2.54. The molecule has 1 saturated heterocycles. The molecule has 1 aliphatic heterocycles. The number of aromatic nitrogens is 2. The van der Waals surface area contributed by atoms with E-state index in [1.165, 1.54) is 0 Å². The van der Waals surface area contributed by atoms with Gasteiger partial charge in [0.25, 0.3) is 0 Å². The predicted octanol–water partition coefficient (Wildman–Crippen LogP) is 3.88. The van der Waals surface area contributed by atoms with Gasteiger partial charge in [-0.1, -0.05) is 23.7 Å². The average molecular weight is 336 g/mol. The van der Waals surface area contributed by atoms with Crippen molar-refractivity contribution in [3.63, 3.8) is 0 Å². The summed E-state index contributed by atoms with van der Waals surface area (Å²) < 4.78 is 11.5. The van der Waals surface area contributed by atoms with E-state index in [9.17, 15) is 0 Å². The molecule has 2 heterocycles. The number of ether oxygens (including phenoxy) is 1. The second-order valence-corrected chi connectivity index (χ2v) is 6.49. The van der Waals surface area contributed by atoms with Gasteiger partial charge in [-0.15, -0.1) is 10.2 Å². The van der Waals surface area contributed by atoms with Gasteiger partial charge in [-0.3, -0.25) is 4.90 Å². The fraction of sp³-hybridized carbons (Fsp3) is 0.529. The number of aryl methyl sites for hydroxylation is 1. The zero-order valence-corrected chi connectivity index (χ0v) is 14.3. The number of likely N-dealkylation sites (tertiary alicyclic amines) is 1. The second-order valence-electron chi connectivity index (χ2n) is 6.08. The Hall–Kier alpha value is -1.59. The summed E-state index contributed by atoms with van der Waals surface area (Å²) in [6, 6.07) is 7.75. The van der Waals surface area contributed by atoms with Crippen molar-refractivity contribution >= 4 is 11.6 Å². The minimum absolute atomic E-state index is 0.138. The first-order valence-electron chi connectivity index (χ1n) is 8.05. The van der Waals surface area contributed by atoms with Crippen molar-refractivity contribution in [2.75, 3.05) is 19.7 Å². The lowest BCUT2D eigenvalue weighted by Gasteiger charge is -2.35. The Bertz CT molecular complexity index is 646. The highest BCUT2D eigenvalue weighted by molar-refractivity contribution is 6.32. The van der Waals surface area contributed by atoms with E-state index >= 15 is 0 Å². The number of hydrogen-bond acceptors (Lipinski definition) is 5. The molecule has 2 atom stereocenters. The molecule has 2 aromatic rings. The number of piperidine rings is 1. The second kappa shape index (κ2) is 7.32. The van der Waals surface area contributed by atoms with E-state index in [0.717, 1.165) is 31.7 Å². The van der Waals surface area contributed by atoms with Crippen molar-refractivity contribution in [1.82, 2.24) is 15.1 Å². The van der Waals surface area contributed by atoms with Crippen molar-refractivity contribution in [1.29, 1.82) is 0 Å². The van der Waals surface area contributed by atoms with Gasteiger partial charge in [0.15, 0.2) is 0 Å². The Kier molecular flexibility index (Phi) is 5.18. The number of para-hydroxylation sites is 1. The van der Waals surface area contributed by atoms with Gasteiger partial charge in [0.2, 0.25) is 11.8 Å². The van der Waals surface area contributed by atoms with Crippen LogP contribution in [0.15, 0.2) is 28.7 Å². The molecular formula is C17H22ClN3O2. The summed E-state index contributed by atoms with van der Waals surface area (Å²) in [5.41, 5.74) is 0. The maximum Gasteiger partial charge on any atom is 0.233 e. The molecule has 0 unspecified atom stereocenters. The zero-order chi connectivity index (χ0) is 16.2. The summed E-state index contributed by atoms with van der Waals surface area (Å²) in [7, 11) is 0. The van der Waals surface area contributed by atoms with Crippen LogP contribution >= 0.6 is 11.6 Å². The third-order valence-corrected chi connectivity index (χ3v) is 4.62. The van der Waals surface area contributed by atoms with E-state index in [2.05, 4.69) is 22.0 Å². The van der Waals surface area contributed by atoms with E-state index in [-0.39, 0.29) is 6.04 Å². The smallest absolute Gasteiger partial charge is 0.233 e. The molecule has 0 saturated carbocycles. The topological polar surface area (TPSA) is 51.4 Å². The van der Waals surface area contributed by atoms with Crippen LogP contribution in [0.2, 0.25) is 5.02 Å². The molecule has 6 heteroatoms. The van der Waals surface area contributed by atoms with E-state index < -0.39 is 0 Å². The highest BCUT2D eigenvalue weighted by Gasteiger charge is 2.27. The zero-order valence-electron chi connectivity index (χ0n) is 13.5. The van der Waals surface area contributed by atoms with E-state index in [1.54, 1.807) is 0 Å². The van der Waals surface area contributed by atoms with Crippen molar-refractivity contribution in [2.24, 2.45) is 5.92 Å². The molecule has 0 N–H and O–H groups in total. The Morgan fingerprint density at radius 3 is 2.96 bits per heavy atom. The first kappa shape index (κ1) is 16.3. The summed E-state index contributed by atoms with van der Waals surface area (Å²) in [6.07, 6.45) is 2.31. The number of hydrogen-bond donors (Lipinski definition) is 0. The predicted molar refractivity (Wildman–Crippen MR) is 88.7 cm³/mol. The van der Waals surface area contributed by atoms with Gasteiger partial charge in [0, 0.05) is 19.4 Å². The fourth-order valence-electron chi connectivity index (χ4n) is 2.99. The van der Waals surface area contributed by atoms with Crippen LogP contribution < -0.4 is 4.74 Å². The van der Waals surface area contributed by atoms with Gasteiger partial charge in [-0.05, 0) is 38.4 Å². The van der Waals surface area contributed by atoms with Crippen LogP contribution in [0.4, 0.5) is 0 Å². The van der Waals surface area contributed by atoms with Crippen molar-refractivity contribution in [3.8, 4) is 5.75 Å². The molecule has 1 aromatic carbocycles. The van der Waals surface area contributed by atoms with Crippen LogP contribution in [0, 0.1) is 12.8 Å². The van der Waals surface area contributed by atoms with Crippen LogP contribution in [0.5, 0.6) is 5.75 Å². The standard InChI is InChI=1S/C17H22ClN3O2/c1-12(17-20-19-13(2)23-17)21-9-5-6-14(10-21)11-22-16-8-4-3-7-15(16)18/h3-4,7-8,12,14H,5-6,9-11H2,1-2H3/t12-,14-/m0/s1. The van der Waals surface area contributed by atoms with E-state index in [1.807, 2.05) is 31.2 Å². The fourth-order valence-corrected chi connectivity index (χ4v) is 3.18. The van der Waals surface area contributed by atoms with E-state index in [0.29, 0.717) is 29.3 Å². The van der Waals surface area contributed by atoms with Crippen LogP contribution in [0.3, 0.4) is 0 Å². The van der Waals surface area contributed by atoms with Gasteiger partial charge in [0.1, 0.15) is 5.75 Å². The van der Waals surface area contributed by atoms with Crippen LogP contribution in [0.1, 0.15) is 37.6 Å². The molecule has 0 bridgehead atoms. The lowest BCUT2D eigenvalue weighted by molar-refractivity contribution is 0.0895. The molecule has 1 aromatic heterocycles. The normalized spacial score (nSPS) is 20.4. The Labute approximate surface area is 141 Å². The van der Waals surface area contributed by atoms with Crippen LogP contribution in [0.25, 0.3) is 0 Å². The van der Waals surface area contributed by atoms with Gasteiger partial charge in [-0.2, -0.15) is 0 Å². The lowest BCUT2D eigenvalue weighted by Crippen LogP contribution is -2.39. The molecular weight excluding hydrogens is 314 g/mol. The largest absolute Gasteiger partial charge is 0.492 e. The van der Waals surface area contributed by atoms with Gasteiger partial charge >= 0.3 is 0 Å². The Morgan fingerprint density at radius 2 is 2.22 bits per heavy atom. The van der Waals surface area contributed by atoms with E-state index in [4.69, 9.17) is 20.8 Å². The summed E-state index contributed by atoms with van der Waals surface area (Å²) in [5, 5.41) is 8.73. The van der Waals surface area contributed by atoms with Crippen molar-refractivity contribution < 1.29 is 9.15 Å². The molecule has 23 heavy (non-hydrogen) atoms. The van der Waals surface area contributed by atoms with Crippen LogP contribution in [-0.2, 0) is 0 Å². The Morgan fingerprint density at radius 1 is 1.39 bits per heavy atom. The molecule has 0 aliphatic carbocycles. The quantitative estimate of drug-likeness (QED) is 0.829. The Balaban J connectivity index is 1.57. The summed E-state index contributed by atoms with van der Waals surface area (Å²) >= 11 is 6.14. The highest BCUT2D eigenvalue weighted by atomic mass is 35.5. The lowest BCUT2D eigenvalue weighted by atomic mass is 9.97. The summed E-state index contributed by atoms with van der Waals surface area (Å²) in [6.45, 7) is 6.62. The maximum atomic E-state index is 6.14. The molecule has 0 amide bonds. The highest BCUT2D eigenvalue weighted by Crippen LogP contribution is 2.28. The van der Waals surface area contributed by atoms with Gasteiger partial charge < -0.3 is 9.15 Å². The summed E-state index contributed by atoms with van der Waals surface area (Å²) in [4.78, 5) is 2.39. The minimum Gasteiger partial charge on any atom is -0.492 e. The first-order chi connectivity index (χ1) is 11.1. The molecule has 5 nitrogen and oxygen atoms in total. The molecule has 1 fully saturated rings. The number of halogens is 1. The number of rotatable bonds is 5. The minimum atomic E-state index is 0.138. The number of nitrogens with zero attached hydrogens (tertiary/aromatic N) is 3. The maximum absolute atomic E-state index is 6.14. The molecule has 3 rings (SSSR count). The third kappa shape index (κ3) is 4.03. The molecule has 0 spiro atoms. The van der Waals surface area contributed by atoms with Gasteiger partial charge in [0.05, 0.1) is 17.7 Å². The first-order valence-corrected chi connectivity index (χ1v) is 8.42. The molecule has 0 radical (unpaired) electrons. The average Bonchev–Trinajstić information content (AvgIpc) is 3.00. The van der Waals surface area contributed by atoms with Crippen molar-refractivity contribution in [2.45, 2.75) is 32.7 Å². The van der Waals surface area contributed by atoms with Crippen LogP contribution in [-0.4, -0.2) is 34.8 Å². The van der Waals surface area contributed by atoms with Gasteiger partial charge in [-0.25, -0.2) is 0 Å². The monoisotopic (exact) mass is 335 g/mol.